The van der Waals surface area contributed by atoms with Crippen molar-refractivity contribution in [3.8, 4) is 0 Å². The molecule has 3 atom stereocenters. The summed E-state index contributed by atoms with van der Waals surface area (Å²) in [5, 5.41) is 3.57. The molecule has 110 valence electrons. The lowest BCUT2D eigenvalue weighted by atomic mass is 9.76. The van der Waals surface area contributed by atoms with Crippen LogP contribution in [0.25, 0.3) is 0 Å². The maximum atomic E-state index is 3.57. The first-order valence-electron chi connectivity index (χ1n) is 8.26. The van der Waals surface area contributed by atoms with Crippen LogP contribution >= 0.6 is 0 Å². The molecule has 0 radical (unpaired) electrons. The second-order valence-corrected chi connectivity index (χ2v) is 6.68. The lowest BCUT2D eigenvalue weighted by molar-refractivity contribution is 0.141. The van der Waals surface area contributed by atoms with Crippen molar-refractivity contribution in [1.82, 2.24) is 10.2 Å². The van der Waals surface area contributed by atoms with Gasteiger partial charge < -0.3 is 5.32 Å². The summed E-state index contributed by atoms with van der Waals surface area (Å²) in [7, 11) is 2.14. The third-order valence-corrected chi connectivity index (χ3v) is 5.44. The van der Waals surface area contributed by atoms with Gasteiger partial charge in [0.05, 0.1) is 0 Å². The summed E-state index contributed by atoms with van der Waals surface area (Å²) in [6.45, 7) is 5.92. The molecule has 3 unspecified atom stereocenters. The molecule has 1 saturated carbocycles. The Labute approximate surface area is 123 Å². The monoisotopic (exact) mass is 272 g/mol. The van der Waals surface area contributed by atoms with Crippen molar-refractivity contribution in [2.24, 2.45) is 11.8 Å². The first-order chi connectivity index (χ1) is 9.80. The Bertz CT molecular complexity index is 418. The molecule has 0 aromatic heterocycles. The molecular formula is C18H28N2. The van der Waals surface area contributed by atoms with E-state index in [1.807, 2.05) is 0 Å². The molecule has 0 saturated heterocycles. The fraction of sp³-hybridized carbons (Fsp3) is 0.667. The third-order valence-electron chi connectivity index (χ3n) is 5.44. The summed E-state index contributed by atoms with van der Waals surface area (Å²) < 4.78 is 0. The minimum absolute atomic E-state index is 0.724. The maximum Gasteiger partial charge on any atom is 0.0240 e. The number of rotatable bonds is 4. The summed E-state index contributed by atoms with van der Waals surface area (Å²) >= 11 is 0. The lowest BCUT2D eigenvalue weighted by Crippen LogP contribution is -2.43. The molecular weight excluding hydrogens is 244 g/mol. The van der Waals surface area contributed by atoms with Crippen molar-refractivity contribution in [3.05, 3.63) is 35.4 Å². The van der Waals surface area contributed by atoms with Crippen molar-refractivity contribution >= 4 is 0 Å². The predicted molar refractivity (Wildman–Crippen MR) is 84.5 cm³/mol. The van der Waals surface area contributed by atoms with E-state index in [1.165, 1.54) is 43.4 Å². The standard InChI is InChI=1S/C18H28N2/c1-3-14-8-9-18(19-2)17(10-14)13-20-11-15-6-4-5-7-16(15)12-20/h4-7,14,17-19H,3,8-13H2,1-2H3. The molecule has 1 aromatic rings. The number of hydrogen-bond donors (Lipinski definition) is 1. The summed E-state index contributed by atoms with van der Waals surface area (Å²) in [6, 6.07) is 9.65. The van der Waals surface area contributed by atoms with Crippen LogP contribution in [0, 0.1) is 11.8 Å². The Morgan fingerprint density at radius 2 is 1.85 bits per heavy atom. The summed E-state index contributed by atoms with van der Waals surface area (Å²) in [5.41, 5.74) is 3.08. The highest BCUT2D eigenvalue weighted by molar-refractivity contribution is 5.30. The molecule has 2 nitrogen and oxygen atoms in total. The van der Waals surface area contributed by atoms with Gasteiger partial charge in [-0.3, -0.25) is 4.90 Å². The van der Waals surface area contributed by atoms with E-state index in [-0.39, 0.29) is 0 Å². The van der Waals surface area contributed by atoms with E-state index in [2.05, 4.69) is 48.5 Å². The predicted octanol–water partition coefficient (Wildman–Crippen LogP) is 3.42. The summed E-state index contributed by atoms with van der Waals surface area (Å²) in [4.78, 5) is 2.65. The van der Waals surface area contributed by atoms with Crippen molar-refractivity contribution < 1.29 is 0 Å². The van der Waals surface area contributed by atoms with Gasteiger partial charge in [-0.1, -0.05) is 37.6 Å². The first kappa shape index (κ1) is 14.1. The van der Waals surface area contributed by atoms with E-state index >= 15 is 0 Å². The highest BCUT2D eigenvalue weighted by Gasteiger charge is 2.31. The summed E-state index contributed by atoms with van der Waals surface area (Å²) in [6.07, 6.45) is 5.54. The van der Waals surface area contributed by atoms with Gasteiger partial charge in [0.15, 0.2) is 0 Å². The van der Waals surface area contributed by atoms with Gasteiger partial charge in [-0.2, -0.15) is 0 Å². The van der Waals surface area contributed by atoms with Gasteiger partial charge in [-0.15, -0.1) is 0 Å². The van der Waals surface area contributed by atoms with E-state index in [4.69, 9.17) is 0 Å². The number of fused-ring (bicyclic) bond motifs is 1. The van der Waals surface area contributed by atoms with Crippen molar-refractivity contribution in [3.63, 3.8) is 0 Å². The molecule has 1 aromatic carbocycles. The molecule has 1 N–H and O–H groups in total. The van der Waals surface area contributed by atoms with Crippen LogP contribution in [0.1, 0.15) is 43.7 Å². The van der Waals surface area contributed by atoms with Gasteiger partial charge >= 0.3 is 0 Å². The Balaban J connectivity index is 1.62. The fourth-order valence-electron chi connectivity index (χ4n) is 4.18. The molecule has 2 heteroatoms. The molecule has 0 spiro atoms. The van der Waals surface area contributed by atoms with Gasteiger partial charge in [-0.25, -0.2) is 0 Å². The zero-order valence-corrected chi connectivity index (χ0v) is 12.9. The Hall–Kier alpha value is -0.860. The number of benzene rings is 1. The van der Waals surface area contributed by atoms with Crippen LogP contribution in [0.2, 0.25) is 0 Å². The highest BCUT2D eigenvalue weighted by Crippen LogP contribution is 2.33. The Kier molecular flexibility index (Phi) is 4.42. The average Bonchev–Trinajstić information content (AvgIpc) is 2.89. The maximum absolute atomic E-state index is 3.57. The zero-order valence-electron chi connectivity index (χ0n) is 12.9. The quantitative estimate of drug-likeness (QED) is 0.903. The normalized spacial score (nSPS) is 30.4. The van der Waals surface area contributed by atoms with Gasteiger partial charge in [0.2, 0.25) is 0 Å². The van der Waals surface area contributed by atoms with E-state index in [0.29, 0.717) is 0 Å². The Morgan fingerprint density at radius 1 is 1.15 bits per heavy atom. The largest absolute Gasteiger partial charge is 0.317 e. The number of hydrogen-bond acceptors (Lipinski definition) is 2. The van der Waals surface area contributed by atoms with Gasteiger partial charge in [0, 0.05) is 25.7 Å². The zero-order chi connectivity index (χ0) is 13.9. The highest BCUT2D eigenvalue weighted by atomic mass is 15.1. The smallest absolute Gasteiger partial charge is 0.0240 e. The minimum atomic E-state index is 0.724. The van der Waals surface area contributed by atoms with E-state index in [0.717, 1.165) is 31.0 Å². The summed E-state index contributed by atoms with van der Waals surface area (Å²) in [5.74, 6) is 1.78. The van der Waals surface area contributed by atoms with Crippen LogP contribution in [0.4, 0.5) is 0 Å². The number of nitrogens with one attached hydrogen (secondary N) is 1. The fourth-order valence-corrected chi connectivity index (χ4v) is 4.18. The van der Waals surface area contributed by atoms with E-state index in [1.54, 1.807) is 0 Å². The molecule has 0 amide bonds. The molecule has 3 rings (SSSR count). The van der Waals surface area contributed by atoms with Gasteiger partial charge in [0.1, 0.15) is 0 Å². The molecule has 1 aliphatic carbocycles. The van der Waals surface area contributed by atoms with Crippen molar-refractivity contribution in [1.29, 1.82) is 0 Å². The van der Waals surface area contributed by atoms with Crippen LogP contribution in [0.5, 0.6) is 0 Å². The Morgan fingerprint density at radius 3 is 2.45 bits per heavy atom. The van der Waals surface area contributed by atoms with Gasteiger partial charge in [0.25, 0.3) is 0 Å². The molecule has 2 aliphatic rings. The lowest BCUT2D eigenvalue weighted by Gasteiger charge is -2.37. The topological polar surface area (TPSA) is 15.3 Å². The molecule has 1 fully saturated rings. The first-order valence-corrected chi connectivity index (χ1v) is 8.26. The van der Waals surface area contributed by atoms with Gasteiger partial charge in [-0.05, 0) is 49.3 Å². The van der Waals surface area contributed by atoms with E-state index in [9.17, 15) is 0 Å². The van der Waals surface area contributed by atoms with E-state index < -0.39 is 0 Å². The van der Waals surface area contributed by atoms with Crippen molar-refractivity contribution in [2.45, 2.75) is 51.7 Å². The van der Waals surface area contributed by atoms with Crippen LogP contribution in [0.3, 0.4) is 0 Å². The molecule has 0 bridgehead atoms. The van der Waals surface area contributed by atoms with Crippen LogP contribution in [0.15, 0.2) is 24.3 Å². The molecule has 1 aliphatic heterocycles. The second-order valence-electron chi connectivity index (χ2n) is 6.68. The van der Waals surface area contributed by atoms with Crippen molar-refractivity contribution in [2.75, 3.05) is 13.6 Å². The third kappa shape index (κ3) is 2.91. The minimum Gasteiger partial charge on any atom is -0.317 e. The van der Waals surface area contributed by atoms with Crippen LogP contribution in [-0.2, 0) is 13.1 Å². The average molecular weight is 272 g/mol. The number of nitrogens with zero attached hydrogens (tertiary/aromatic N) is 1. The van der Waals surface area contributed by atoms with Crippen LogP contribution < -0.4 is 5.32 Å². The molecule has 1 heterocycles. The SMILES string of the molecule is CCC1CCC(NC)C(CN2Cc3ccccc3C2)C1. The second kappa shape index (κ2) is 6.28. The van der Waals surface area contributed by atoms with Crippen LogP contribution in [-0.4, -0.2) is 24.5 Å². The molecule has 20 heavy (non-hydrogen) atoms.